The van der Waals surface area contributed by atoms with Crippen LogP contribution in [-0.4, -0.2) is 10.9 Å². The number of halogens is 2. The van der Waals surface area contributed by atoms with Gasteiger partial charge in [0.1, 0.15) is 0 Å². The Morgan fingerprint density at radius 1 is 1.09 bits per heavy atom. The van der Waals surface area contributed by atoms with Crippen LogP contribution in [0, 0.1) is 11.6 Å². The molecule has 5 heteroatoms. The predicted molar refractivity (Wildman–Crippen MR) is 84.0 cm³/mol. The van der Waals surface area contributed by atoms with Gasteiger partial charge < -0.3 is 5.32 Å². The number of hydrogen-bond donors (Lipinski definition) is 1. The van der Waals surface area contributed by atoms with Gasteiger partial charge >= 0.3 is 0 Å². The van der Waals surface area contributed by atoms with Crippen molar-refractivity contribution in [3.63, 3.8) is 0 Å². The molecule has 0 saturated heterocycles. The minimum Gasteiger partial charge on any atom is -0.345 e. The van der Waals surface area contributed by atoms with Gasteiger partial charge in [-0.15, -0.1) is 0 Å². The lowest BCUT2D eigenvalue weighted by Crippen LogP contribution is -2.27. The summed E-state index contributed by atoms with van der Waals surface area (Å²) < 4.78 is 27.1. The molecule has 1 heterocycles. The largest absolute Gasteiger partial charge is 0.345 e. The van der Waals surface area contributed by atoms with Crippen molar-refractivity contribution in [1.82, 2.24) is 10.3 Å². The maximum atomic E-state index is 13.8. The van der Waals surface area contributed by atoms with E-state index in [9.17, 15) is 13.6 Å². The Balaban J connectivity index is 1.90. The Kier molecular flexibility index (Phi) is 4.02. The van der Waals surface area contributed by atoms with Crippen LogP contribution in [0.3, 0.4) is 0 Å². The Morgan fingerprint density at radius 2 is 1.87 bits per heavy atom. The zero-order valence-corrected chi connectivity index (χ0v) is 12.4. The zero-order chi connectivity index (χ0) is 16.4. The van der Waals surface area contributed by atoms with E-state index in [0.717, 1.165) is 16.8 Å². The average Bonchev–Trinajstić information content (AvgIpc) is 2.56. The Labute approximate surface area is 132 Å². The third-order valence-electron chi connectivity index (χ3n) is 3.71. The lowest BCUT2D eigenvalue weighted by molar-refractivity contribution is 0.0940. The fourth-order valence-corrected chi connectivity index (χ4v) is 2.50. The first kappa shape index (κ1) is 15.1. The lowest BCUT2D eigenvalue weighted by Gasteiger charge is -2.16. The van der Waals surface area contributed by atoms with Gasteiger partial charge in [-0.25, -0.2) is 8.78 Å². The van der Waals surface area contributed by atoms with Crippen molar-refractivity contribution < 1.29 is 13.6 Å². The normalized spacial score (nSPS) is 12.1. The molecule has 23 heavy (non-hydrogen) atoms. The Morgan fingerprint density at radius 3 is 2.70 bits per heavy atom. The molecule has 1 amide bonds. The monoisotopic (exact) mass is 312 g/mol. The van der Waals surface area contributed by atoms with Gasteiger partial charge in [0.05, 0.1) is 11.6 Å². The molecule has 0 aliphatic heterocycles. The summed E-state index contributed by atoms with van der Waals surface area (Å²) in [5.41, 5.74) is 0.498. The van der Waals surface area contributed by atoms with Crippen molar-refractivity contribution in [2.75, 3.05) is 0 Å². The van der Waals surface area contributed by atoms with Crippen molar-refractivity contribution >= 4 is 16.7 Å². The Bertz CT molecular complexity index is 875. The van der Waals surface area contributed by atoms with E-state index in [0.29, 0.717) is 5.56 Å². The van der Waals surface area contributed by atoms with Crippen LogP contribution in [0.1, 0.15) is 28.9 Å². The summed E-state index contributed by atoms with van der Waals surface area (Å²) in [5, 5.41) is 4.28. The van der Waals surface area contributed by atoms with Crippen LogP contribution in [-0.2, 0) is 0 Å². The van der Waals surface area contributed by atoms with Crippen LogP contribution in [0.25, 0.3) is 10.8 Å². The van der Waals surface area contributed by atoms with Crippen LogP contribution in [0.4, 0.5) is 8.78 Å². The highest BCUT2D eigenvalue weighted by atomic mass is 19.2. The third kappa shape index (κ3) is 2.90. The van der Waals surface area contributed by atoms with Gasteiger partial charge in [-0.05, 0) is 18.4 Å². The number of benzene rings is 2. The van der Waals surface area contributed by atoms with Gasteiger partial charge in [-0.3, -0.25) is 9.78 Å². The van der Waals surface area contributed by atoms with Gasteiger partial charge in [0, 0.05) is 23.3 Å². The highest BCUT2D eigenvalue weighted by Gasteiger charge is 2.18. The van der Waals surface area contributed by atoms with Crippen LogP contribution in [0.5, 0.6) is 0 Å². The van der Waals surface area contributed by atoms with Crippen molar-refractivity contribution in [2.45, 2.75) is 13.0 Å². The first-order valence-corrected chi connectivity index (χ1v) is 7.15. The van der Waals surface area contributed by atoms with Crippen molar-refractivity contribution in [3.8, 4) is 0 Å². The number of hydrogen-bond acceptors (Lipinski definition) is 2. The standard InChI is InChI=1S/C18H14F2N2O/c1-11(13-7-4-8-16(19)17(13)20)22-18(23)15-10-21-9-12-5-2-3-6-14(12)15/h2-11H,1H3,(H,22,23)/t11-/m1/s1. The minimum atomic E-state index is -0.948. The molecule has 0 radical (unpaired) electrons. The number of rotatable bonds is 3. The van der Waals surface area contributed by atoms with Crippen molar-refractivity contribution in [2.24, 2.45) is 0 Å². The van der Waals surface area contributed by atoms with Crippen molar-refractivity contribution in [1.29, 1.82) is 0 Å². The number of nitrogens with one attached hydrogen (secondary N) is 1. The smallest absolute Gasteiger partial charge is 0.253 e. The molecule has 1 aromatic heterocycles. The molecule has 2 aromatic carbocycles. The fraction of sp³-hybridized carbons (Fsp3) is 0.111. The maximum Gasteiger partial charge on any atom is 0.253 e. The van der Waals surface area contributed by atoms with Gasteiger partial charge in [0.2, 0.25) is 0 Å². The van der Waals surface area contributed by atoms with E-state index in [1.807, 2.05) is 24.3 Å². The molecule has 3 rings (SSSR count). The first-order valence-electron chi connectivity index (χ1n) is 7.15. The number of fused-ring (bicyclic) bond motifs is 1. The molecular formula is C18H14F2N2O. The Hall–Kier alpha value is -2.82. The van der Waals surface area contributed by atoms with E-state index in [2.05, 4.69) is 10.3 Å². The highest BCUT2D eigenvalue weighted by molar-refractivity contribution is 6.06. The summed E-state index contributed by atoms with van der Waals surface area (Å²) >= 11 is 0. The molecule has 0 unspecified atom stereocenters. The van der Waals surface area contributed by atoms with E-state index in [-0.39, 0.29) is 11.5 Å². The number of nitrogens with zero attached hydrogens (tertiary/aromatic N) is 1. The van der Waals surface area contributed by atoms with E-state index < -0.39 is 17.7 Å². The summed E-state index contributed by atoms with van der Waals surface area (Å²) in [6, 6.07) is 10.6. The molecule has 1 N–H and O–H groups in total. The third-order valence-corrected chi connectivity index (χ3v) is 3.71. The SMILES string of the molecule is C[C@@H](NC(=O)c1cncc2ccccc12)c1cccc(F)c1F. The van der Waals surface area contributed by atoms with Crippen LogP contribution >= 0.6 is 0 Å². The lowest BCUT2D eigenvalue weighted by atomic mass is 10.0. The molecular weight excluding hydrogens is 298 g/mol. The topological polar surface area (TPSA) is 42.0 Å². The average molecular weight is 312 g/mol. The molecule has 0 aliphatic rings. The second kappa shape index (κ2) is 6.12. The second-order valence-corrected chi connectivity index (χ2v) is 5.25. The summed E-state index contributed by atoms with van der Waals surface area (Å²) in [6.07, 6.45) is 3.13. The number of aromatic nitrogens is 1. The zero-order valence-electron chi connectivity index (χ0n) is 12.4. The molecule has 3 nitrogen and oxygen atoms in total. The summed E-state index contributed by atoms with van der Waals surface area (Å²) in [4.78, 5) is 16.5. The number of carbonyl (C=O) groups excluding carboxylic acids is 1. The van der Waals surface area contributed by atoms with Crippen LogP contribution in [0.2, 0.25) is 0 Å². The number of pyridine rings is 1. The molecule has 0 spiro atoms. The molecule has 1 atom stereocenters. The summed E-state index contributed by atoms with van der Waals surface area (Å²) in [6.45, 7) is 1.61. The minimum absolute atomic E-state index is 0.103. The van der Waals surface area contributed by atoms with E-state index in [1.165, 1.54) is 18.3 Å². The molecule has 0 saturated carbocycles. The molecule has 0 bridgehead atoms. The highest BCUT2D eigenvalue weighted by Crippen LogP contribution is 2.21. The van der Waals surface area contributed by atoms with Gasteiger partial charge in [-0.2, -0.15) is 0 Å². The molecule has 3 aromatic rings. The van der Waals surface area contributed by atoms with Gasteiger partial charge in [0.15, 0.2) is 11.6 Å². The fourth-order valence-electron chi connectivity index (χ4n) is 2.50. The maximum absolute atomic E-state index is 13.8. The molecule has 0 fully saturated rings. The quantitative estimate of drug-likeness (QED) is 0.794. The van der Waals surface area contributed by atoms with E-state index in [4.69, 9.17) is 0 Å². The first-order chi connectivity index (χ1) is 11.1. The van der Waals surface area contributed by atoms with Gasteiger partial charge in [-0.1, -0.05) is 36.4 Å². The molecule has 0 aliphatic carbocycles. The predicted octanol–water partition coefficient (Wildman–Crippen LogP) is 4.00. The summed E-state index contributed by atoms with van der Waals surface area (Å²) in [5.74, 6) is -2.27. The van der Waals surface area contributed by atoms with Crippen molar-refractivity contribution in [3.05, 3.63) is 77.6 Å². The van der Waals surface area contributed by atoms with E-state index in [1.54, 1.807) is 13.1 Å². The van der Waals surface area contributed by atoms with E-state index >= 15 is 0 Å². The van der Waals surface area contributed by atoms with Crippen LogP contribution < -0.4 is 5.32 Å². The number of amides is 1. The second-order valence-electron chi connectivity index (χ2n) is 5.25. The van der Waals surface area contributed by atoms with Gasteiger partial charge in [0.25, 0.3) is 5.91 Å². The summed E-state index contributed by atoms with van der Waals surface area (Å²) in [7, 11) is 0. The molecule has 116 valence electrons. The van der Waals surface area contributed by atoms with Crippen LogP contribution in [0.15, 0.2) is 54.9 Å². The number of carbonyl (C=O) groups is 1.